The van der Waals surface area contributed by atoms with E-state index >= 15 is 0 Å². The van der Waals surface area contributed by atoms with Gasteiger partial charge in [0.05, 0.1) is 19.6 Å². The number of methoxy groups -OCH3 is 2. The van der Waals surface area contributed by atoms with Crippen LogP contribution in [0.2, 0.25) is 0 Å². The highest BCUT2D eigenvalue weighted by molar-refractivity contribution is 5.99. The molecule has 38 heavy (non-hydrogen) atoms. The minimum absolute atomic E-state index is 0.0124. The smallest absolute Gasteiger partial charge is 0.309 e. The van der Waals surface area contributed by atoms with Gasteiger partial charge in [0.15, 0.2) is 29.1 Å². The lowest BCUT2D eigenvalue weighted by Gasteiger charge is -2.33. The van der Waals surface area contributed by atoms with E-state index in [1.54, 1.807) is 26.2 Å². The Morgan fingerprint density at radius 3 is 2.58 bits per heavy atom. The first-order chi connectivity index (χ1) is 18.3. The minimum Gasteiger partial charge on any atom is -0.493 e. The van der Waals surface area contributed by atoms with Gasteiger partial charge in [0.1, 0.15) is 18.0 Å². The minimum atomic E-state index is -0.809. The Morgan fingerprint density at radius 1 is 1.13 bits per heavy atom. The summed E-state index contributed by atoms with van der Waals surface area (Å²) in [5.74, 6) is -1.57. The molecule has 0 amide bonds. The standard InChI is InChI=1S/C27H33NO10/c1-17-25(38-20-8-6-5-7-9-20)23(33-4)15-34-13-11-19(27(31)37-17)14-21(30)24-26(36-16-35-18(2)29)22(32-3)10-12-28-24/h5-10,12,17,19,23,25H,11,13-16H2,1-4H3/t17-,19+,23-,25-/m0/s1. The van der Waals surface area contributed by atoms with Crippen molar-refractivity contribution in [2.75, 3.05) is 34.2 Å². The van der Waals surface area contributed by atoms with E-state index in [1.807, 2.05) is 18.2 Å². The van der Waals surface area contributed by atoms with Gasteiger partial charge < -0.3 is 33.2 Å². The molecule has 3 rings (SSSR count). The van der Waals surface area contributed by atoms with E-state index in [1.165, 1.54) is 26.3 Å². The number of ether oxygens (including phenoxy) is 7. The number of cyclic esters (lactones) is 1. The van der Waals surface area contributed by atoms with Crippen LogP contribution in [0.3, 0.4) is 0 Å². The van der Waals surface area contributed by atoms with E-state index in [0.29, 0.717) is 5.75 Å². The summed E-state index contributed by atoms with van der Waals surface area (Å²) in [6.07, 6.45) is -0.429. The Kier molecular flexibility index (Phi) is 10.9. The van der Waals surface area contributed by atoms with Gasteiger partial charge in [-0.3, -0.25) is 14.4 Å². The summed E-state index contributed by atoms with van der Waals surface area (Å²) in [4.78, 5) is 41.7. The molecule has 0 aliphatic carbocycles. The number of ketones is 1. The van der Waals surface area contributed by atoms with Crippen molar-refractivity contribution in [2.45, 2.75) is 45.0 Å². The van der Waals surface area contributed by atoms with Crippen LogP contribution in [0.25, 0.3) is 0 Å². The number of hydrogen-bond donors (Lipinski definition) is 0. The molecule has 206 valence electrons. The van der Waals surface area contributed by atoms with Crippen molar-refractivity contribution in [3.8, 4) is 17.2 Å². The molecule has 0 unspecified atom stereocenters. The van der Waals surface area contributed by atoms with Crippen LogP contribution in [0, 0.1) is 5.92 Å². The molecule has 1 saturated heterocycles. The summed E-state index contributed by atoms with van der Waals surface area (Å²) in [6.45, 7) is 2.91. The van der Waals surface area contributed by atoms with Gasteiger partial charge in [0.2, 0.25) is 6.79 Å². The Labute approximate surface area is 221 Å². The highest BCUT2D eigenvalue weighted by Gasteiger charge is 2.36. The van der Waals surface area contributed by atoms with Gasteiger partial charge in [-0.05, 0) is 25.5 Å². The van der Waals surface area contributed by atoms with Crippen LogP contribution < -0.4 is 14.2 Å². The molecule has 0 radical (unpaired) electrons. The number of benzene rings is 1. The van der Waals surface area contributed by atoms with Gasteiger partial charge in [-0.1, -0.05) is 18.2 Å². The van der Waals surface area contributed by atoms with Crippen molar-refractivity contribution in [1.82, 2.24) is 4.98 Å². The van der Waals surface area contributed by atoms with Crippen molar-refractivity contribution in [2.24, 2.45) is 5.92 Å². The van der Waals surface area contributed by atoms with Gasteiger partial charge in [0.25, 0.3) is 0 Å². The van der Waals surface area contributed by atoms with Crippen molar-refractivity contribution >= 4 is 17.7 Å². The van der Waals surface area contributed by atoms with Crippen LogP contribution in [-0.4, -0.2) is 75.2 Å². The second-order valence-electron chi connectivity index (χ2n) is 8.59. The number of rotatable bonds is 10. The number of para-hydroxylation sites is 1. The number of esters is 2. The lowest BCUT2D eigenvalue weighted by molar-refractivity contribution is -0.168. The molecular weight excluding hydrogens is 498 g/mol. The number of nitrogens with zero attached hydrogens (tertiary/aromatic N) is 1. The third-order valence-corrected chi connectivity index (χ3v) is 5.93. The van der Waals surface area contributed by atoms with Crippen LogP contribution in [0.15, 0.2) is 42.6 Å². The summed E-state index contributed by atoms with van der Waals surface area (Å²) >= 11 is 0. The van der Waals surface area contributed by atoms with Crippen LogP contribution >= 0.6 is 0 Å². The lowest BCUT2D eigenvalue weighted by atomic mass is 9.96. The van der Waals surface area contributed by atoms with Crippen molar-refractivity contribution in [1.29, 1.82) is 0 Å². The molecule has 1 aromatic carbocycles. The first-order valence-corrected chi connectivity index (χ1v) is 12.2. The third kappa shape index (κ3) is 7.90. The van der Waals surface area contributed by atoms with Crippen LogP contribution in [-0.2, 0) is 28.5 Å². The summed E-state index contributed by atoms with van der Waals surface area (Å²) in [7, 11) is 2.94. The Morgan fingerprint density at radius 2 is 1.89 bits per heavy atom. The summed E-state index contributed by atoms with van der Waals surface area (Å²) in [5.41, 5.74) is -0.0555. The van der Waals surface area contributed by atoms with Gasteiger partial charge in [-0.25, -0.2) is 4.98 Å². The highest BCUT2D eigenvalue weighted by Crippen LogP contribution is 2.32. The fraction of sp³-hybridized carbons (Fsp3) is 0.481. The molecule has 0 N–H and O–H groups in total. The molecule has 1 aliphatic heterocycles. The second kappa shape index (κ2) is 14.3. The lowest BCUT2D eigenvalue weighted by Crippen LogP contribution is -2.47. The van der Waals surface area contributed by atoms with Crippen LogP contribution in [0.1, 0.15) is 37.2 Å². The van der Waals surface area contributed by atoms with E-state index in [2.05, 4.69) is 4.98 Å². The van der Waals surface area contributed by atoms with Crippen molar-refractivity contribution in [3.05, 3.63) is 48.3 Å². The molecule has 11 heteroatoms. The number of carbonyl (C=O) groups excluding carboxylic acids is 3. The number of Topliss-reactive ketones (excluding diaryl/α,β-unsaturated/α-hetero) is 1. The molecular formula is C27H33NO10. The molecule has 1 aliphatic rings. The first-order valence-electron chi connectivity index (χ1n) is 12.2. The molecule has 0 bridgehead atoms. The highest BCUT2D eigenvalue weighted by atomic mass is 16.7. The van der Waals surface area contributed by atoms with Crippen LogP contribution in [0.5, 0.6) is 17.2 Å². The van der Waals surface area contributed by atoms with Gasteiger partial charge in [-0.2, -0.15) is 0 Å². The third-order valence-electron chi connectivity index (χ3n) is 5.93. The molecule has 0 saturated carbocycles. The van der Waals surface area contributed by atoms with Crippen LogP contribution in [0.4, 0.5) is 0 Å². The zero-order chi connectivity index (χ0) is 27.5. The zero-order valence-corrected chi connectivity index (χ0v) is 21.9. The van der Waals surface area contributed by atoms with E-state index in [9.17, 15) is 14.4 Å². The topological polar surface area (TPSA) is 129 Å². The quantitative estimate of drug-likeness (QED) is 0.255. The number of pyridine rings is 1. The van der Waals surface area contributed by atoms with Gasteiger partial charge >= 0.3 is 11.9 Å². The predicted molar refractivity (Wildman–Crippen MR) is 133 cm³/mol. The second-order valence-corrected chi connectivity index (χ2v) is 8.59. The maximum atomic E-state index is 13.3. The Balaban J connectivity index is 1.76. The van der Waals surface area contributed by atoms with Gasteiger partial charge in [-0.15, -0.1) is 0 Å². The van der Waals surface area contributed by atoms with Crippen molar-refractivity contribution < 1.29 is 47.5 Å². The number of carbonyl (C=O) groups is 3. The fourth-order valence-corrected chi connectivity index (χ4v) is 3.92. The average Bonchev–Trinajstić information content (AvgIpc) is 2.91. The molecule has 1 fully saturated rings. The number of aromatic nitrogens is 1. The Bertz CT molecular complexity index is 1080. The molecule has 1 aromatic heterocycles. The van der Waals surface area contributed by atoms with E-state index in [-0.39, 0.29) is 43.2 Å². The largest absolute Gasteiger partial charge is 0.493 e. The molecule has 2 heterocycles. The zero-order valence-electron chi connectivity index (χ0n) is 21.9. The van der Waals surface area contributed by atoms with Crippen molar-refractivity contribution in [3.63, 3.8) is 0 Å². The maximum Gasteiger partial charge on any atom is 0.309 e. The Hall–Kier alpha value is -3.70. The first kappa shape index (κ1) is 28.9. The molecule has 0 spiro atoms. The molecule has 11 nitrogen and oxygen atoms in total. The van der Waals surface area contributed by atoms with E-state index < -0.39 is 48.7 Å². The molecule has 4 atom stereocenters. The predicted octanol–water partition coefficient (Wildman–Crippen LogP) is 2.99. The van der Waals surface area contributed by atoms with E-state index in [0.717, 1.165) is 0 Å². The summed E-state index contributed by atoms with van der Waals surface area (Å²) < 4.78 is 38.8. The SMILES string of the molecule is COc1ccnc(C(=O)C[C@H]2CCOC[C@H](OC)[C@@H](Oc3ccccc3)[C@H](C)OC2=O)c1OCOC(C)=O. The summed E-state index contributed by atoms with van der Waals surface area (Å²) in [6, 6.07) is 10.6. The van der Waals surface area contributed by atoms with E-state index in [4.69, 9.17) is 33.2 Å². The average molecular weight is 532 g/mol. The molecule has 2 aromatic rings. The summed E-state index contributed by atoms with van der Waals surface area (Å²) in [5, 5.41) is 0. The monoisotopic (exact) mass is 531 g/mol. The van der Waals surface area contributed by atoms with Gasteiger partial charge in [0, 0.05) is 39.3 Å². The maximum absolute atomic E-state index is 13.3. The normalized spacial score (nSPS) is 22.1. The fourth-order valence-electron chi connectivity index (χ4n) is 3.92. The number of hydrogen-bond acceptors (Lipinski definition) is 11.